The van der Waals surface area contributed by atoms with Gasteiger partial charge in [0.1, 0.15) is 0 Å². The third-order valence-corrected chi connectivity index (χ3v) is 4.62. The maximum absolute atomic E-state index is 5.08. The monoisotopic (exact) mass is 254 g/mol. The molecule has 0 aromatic heterocycles. The summed E-state index contributed by atoms with van der Waals surface area (Å²) in [6.07, 6.45) is 10.8. The van der Waals surface area contributed by atoms with E-state index in [1.165, 1.54) is 64.5 Å². The summed E-state index contributed by atoms with van der Waals surface area (Å²) in [6.45, 7) is 3.35. The van der Waals surface area contributed by atoms with E-state index in [4.69, 9.17) is 4.74 Å². The number of methoxy groups -OCH3 is 1. The summed E-state index contributed by atoms with van der Waals surface area (Å²) in [5.74, 6) is 0.895. The zero-order valence-electron chi connectivity index (χ0n) is 11.9. The van der Waals surface area contributed by atoms with Crippen LogP contribution in [0, 0.1) is 5.92 Å². The second kappa shape index (κ2) is 8.13. The molecule has 0 aromatic rings. The molecule has 0 bridgehead atoms. The van der Waals surface area contributed by atoms with Crippen molar-refractivity contribution >= 4 is 0 Å². The predicted octanol–water partition coefficient (Wildman–Crippen LogP) is 2.31. The highest BCUT2D eigenvalue weighted by Gasteiger charge is 2.34. The molecule has 106 valence electrons. The number of nitrogens with one attached hydrogen (secondary N) is 2. The lowest BCUT2D eigenvalue weighted by Gasteiger charge is -2.26. The van der Waals surface area contributed by atoms with Gasteiger partial charge in [0.25, 0.3) is 0 Å². The Morgan fingerprint density at radius 2 is 2.06 bits per heavy atom. The van der Waals surface area contributed by atoms with Crippen LogP contribution in [0.5, 0.6) is 0 Å². The molecule has 1 aliphatic carbocycles. The first-order valence-corrected chi connectivity index (χ1v) is 7.87. The predicted molar refractivity (Wildman–Crippen MR) is 75.9 cm³/mol. The lowest BCUT2D eigenvalue weighted by atomic mass is 9.93. The number of rotatable bonds is 8. The molecule has 2 aliphatic rings. The van der Waals surface area contributed by atoms with Crippen molar-refractivity contribution in [1.29, 1.82) is 0 Å². The molecule has 1 saturated heterocycles. The maximum atomic E-state index is 5.08. The lowest BCUT2D eigenvalue weighted by Crippen LogP contribution is -2.42. The van der Waals surface area contributed by atoms with Gasteiger partial charge in [0.05, 0.1) is 0 Å². The van der Waals surface area contributed by atoms with E-state index >= 15 is 0 Å². The van der Waals surface area contributed by atoms with Crippen molar-refractivity contribution in [3.8, 4) is 0 Å². The summed E-state index contributed by atoms with van der Waals surface area (Å²) in [4.78, 5) is 0. The van der Waals surface area contributed by atoms with E-state index in [-0.39, 0.29) is 0 Å². The maximum Gasteiger partial charge on any atom is 0.0462 e. The fourth-order valence-corrected chi connectivity index (χ4v) is 3.64. The molecule has 3 atom stereocenters. The Morgan fingerprint density at radius 3 is 2.83 bits per heavy atom. The molecule has 2 fully saturated rings. The summed E-state index contributed by atoms with van der Waals surface area (Å²) < 4.78 is 5.08. The normalized spacial score (nSPS) is 32.2. The highest BCUT2D eigenvalue weighted by molar-refractivity contribution is 4.93. The molecule has 0 spiro atoms. The minimum atomic E-state index is 0.781. The van der Waals surface area contributed by atoms with Gasteiger partial charge in [-0.3, -0.25) is 0 Å². The third kappa shape index (κ3) is 4.22. The molecule has 0 amide bonds. The largest absolute Gasteiger partial charge is 0.385 e. The molecule has 3 nitrogen and oxygen atoms in total. The van der Waals surface area contributed by atoms with Gasteiger partial charge in [-0.1, -0.05) is 6.42 Å². The van der Waals surface area contributed by atoms with Crippen LogP contribution < -0.4 is 10.6 Å². The van der Waals surface area contributed by atoms with E-state index in [9.17, 15) is 0 Å². The minimum Gasteiger partial charge on any atom is -0.385 e. The summed E-state index contributed by atoms with van der Waals surface area (Å²) in [5, 5.41) is 7.49. The van der Waals surface area contributed by atoms with Gasteiger partial charge in [0.2, 0.25) is 0 Å². The van der Waals surface area contributed by atoms with Crippen LogP contribution in [0.3, 0.4) is 0 Å². The smallest absolute Gasteiger partial charge is 0.0462 e. The van der Waals surface area contributed by atoms with Gasteiger partial charge in [0.15, 0.2) is 0 Å². The molecule has 3 unspecified atom stereocenters. The standard InChI is InChI=1S/C15H30N2O/c1-18-12-4-2-3-10-16-14-8-5-7-13(14)15-9-6-11-17-15/h13-17H,2-12H2,1H3. The Labute approximate surface area is 112 Å². The van der Waals surface area contributed by atoms with Crippen molar-refractivity contribution in [2.75, 3.05) is 26.8 Å². The topological polar surface area (TPSA) is 33.3 Å². The SMILES string of the molecule is COCCCCCNC1CCCC1C1CCCN1. The quantitative estimate of drug-likeness (QED) is 0.652. The number of hydrogen-bond acceptors (Lipinski definition) is 3. The van der Waals surface area contributed by atoms with Crippen LogP contribution in [0.25, 0.3) is 0 Å². The van der Waals surface area contributed by atoms with Crippen LogP contribution in [0.15, 0.2) is 0 Å². The van der Waals surface area contributed by atoms with E-state index in [2.05, 4.69) is 10.6 Å². The average Bonchev–Trinajstić information content (AvgIpc) is 3.03. The Morgan fingerprint density at radius 1 is 1.11 bits per heavy atom. The van der Waals surface area contributed by atoms with E-state index in [1.807, 2.05) is 0 Å². The fraction of sp³-hybridized carbons (Fsp3) is 1.00. The second-order valence-electron chi connectivity index (χ2n) is 5.91. The van der Waals surface area contributed by atoms with Crippen molar-refractivity contribution in [3.63, 3.8) is 0 Å². The van der Waals surface area contributed by atoms with Crippen molar-refractivity contribution in [2.45, 2.75) is 63.5 Å². The Hall–Kier alpha value is -0.120. The number of hydrogen-bond donors (Lipinski definition) is 2. The molecule has 0 aromatic carbocycles. The van der Waals surface area contributed by atoms with Crippen molar-refractivity contribution in [1.82, 2.24) is 10.6 Å². The molecule has 18 heavy (non-hydrogen) atoms. The third-order valence-electron chi connectivity index (χ3n) is 4.62. The van der Waals surface area contributed by atoms with Gasteiger partial charge < -0.3 is 15.4 Å². The van der Waals surface area contributed by atoms with Crippen molar-refractivity contribution in [2.24, 2.45) is 5.92 Å². The Balaban J connectivity index is 1.59. The van der Waals surface area contributed by atoms with Gasteiger partial charge in [-0.05, 0) is 64.0 Å². The van der Waals surface area contributed by atoms with Crippen LogP contribution in [-0.2, 0) is 4.74 Å². The van der Waals surface area contributed by atoms with E-state index in [0.717, 1.165) is 24.6 Å². The first kappa shape index (κ1) is 14.3. The summed E-state index contributed by atoms with van der Waals surface area (Å²) in [7, 11) is 1.79. The summed E-state index contributed by atoms with van der Waals surface area (Å²) in [5.41, 5.74) is 0. The first-order valence-electron chi connectivity index (χ1n) is 7.87. The molecule has 1 aliphatic heterocycles. The molecule has 1 saturated carbocycles. The van der Waals surface area contributed by atoms with Crippen LogP contribution >= 0.6 is 0 Å². The van der Waals surface area contributed by atoms with Crippen molar-refractivity contribution < 1.29 is 4.74 Å². The average molecular weight is 254 g/mol. The van der Waals surface area contributed by atoms with Crippen LogP contribution in [0.2, 0.25) is 0 Å². The van der Waals surface area contributed by atoms with E-state index in [0.29, 0.717) is 0 Å². The highest BCUT2D eigenvalue weighted by atomic mass is 16.5. The minimum absolute atomic E-state index is 0.781. The first-order chi connectivity index (χ1) is 8.92. The summed E-state index contributed by atoms with van der Waals surface area (Å²) >= 11 is 0. The zero-order valence-corrected chi connectivity index (χ0v) is 11.9. The lowest BCUT2D eigenvalue weighted by molar-refractivity contribution is 0.192. The zero-order chi connectivity index (χ0) is 12.6. The van der Waals surface area contributed by atoms with E-state index < -0.39 is 0 Å². The Bertz CT molecular complexity index is 217. The summed E-state index contributed by atoms with van der Waals surface area (Å²) in [6, 6.07) is 1.58. The van der Waals surface area contributed by atoms with Gasteiger partial charge in [-0.2, -0.15) is 0 Å². The van der Waals surface area contributed by atoms with Crippen molar-refractivity contribution in [3.05, 3.63) is 0 Å². The molecule has 1 heterocycles. The molecule has 3 heteroatoms. The highest BCUT2D eigenvalue weighted by Crippen LogP contribution is 2.31. The molecule has 2 rings (SSSR count). The van der Waals surface area contributed by atoms with E-state index in [1.54, 1.807) is 7.11 Å². The second-order valence-corrected chi connectivity index (χ2v) is 5.91. The number of unbranched alkanes of at least 4 members (excludes halogenated alkanes) is 2. The molecule has 2 N–H and O–H groups in total. The molecule has 0 radical (unpaired) electrons. The Kier molecular flexibility index (Phi) is 6.46. The van der Waals surface area contributed by atoms with Gasteiger partial charge in [0, 0.05) is 25.8 Å². The van der Waals surface area contributed by atoms with Crippen LogP contribution in [0.4, 0.5) is 0 Å². The van der Waals surface area contributed by atoms with Gasteiger partial charge in [-0.15, -0.1) is 0 Å². The van der Waals surface area contributed by atoms with Gasteiger partial charge >= 0.3 is 0 Å². The molecular weight excluding hydrogens is 224 g/mol. The van der Waals surface area contributed by atoms with Crippen LogP contribution in [0.1, 0.15) is 51.4 Å². The molecular formula is C15H30N2O. The van der Waals surface area contributed by atoms with Crippen LogP contribution in [-0.4, -0.2) is 38.9 Å². The fourth-order valence-electron chi connectivity index (χ4n) is 3.64. The number of ether oxygens (including phenoxy) is 1. The van der Waals surface area contributed by atoms with Gasteiger partial charge in [-0.25, -0.2) is 0 Å².